The summed E-state index contributed by atoms with van der Waals surface area (Å²) in [5.41, 5.74) is 3.15. The van der Waals surface area contributed by atoms with E-state index >= 15 is 0 Å². The first-order valence-electron chi connectivity index (χ1n) is 10.7. The van der Waals surface area contributed by atoms with Crippen LogP contribution < -0.4 is 0 Å². The van der Waals surface area contributed by atoms with Gasteiger partial charge in [0.2, 0.25) is 0 Å². The first kappa shape index (κ1) is 18.2. The van der Waals surface area contributed by atoms with Crippen molar-refractivity contribution in [3.05, 3.63) is 35.5 Å². The summed E-state index contributed by atoms with van der Waals surface area (Å²) in [6, 6.07) is 6.94. The standard InChI is InChI=1S/C22H30N4O2/c27-22(26-7-1-6-25(8-9-26)19-3-4-19)17-2-5-20-18(15-23-21(20)14-17)16-24-10-12-28-13-11-24/h2,5,14-15,19,23H,1,3-4,6-13,16H2. The monoisotopic (exact) mass is 382 g/mol. The Kier molecular flexibility index (Phi) is 5.09. The van der Waals surface area contributed by atoms with Gasteiger partial charge in [0.15, 0.2) is 0 Å². The highest BCUT2D eigenvalue weighted by molar-refractivity contribution is 5.98. The Morgan fingerprint density at radius 1 is 1.07 bits per heavy atom. The lowest BCUT2D eigenvalue weighted by molar-refractivity contribution is 0.0343. The molecule has 0 unspecified atom stereocenters. The summed E-state index contributed by atoms with van der Waals surface area (Å²) >= 11 is 0. The molecule has 0 spiro atoms. The fraction of sp³-hybridized carbons (Fsp3) is 0.591. The van der Waals surface area contributed by atoms with E-state index < -0.39 is 0 Å². The quantitative estimate of drug-likeness (QED) is 0.882. The van der Waals surface area contributed by atoms with Gasteiger partial charge < -0.3 is 14.6 Å². The minimum atomic E-state index is 0.170. The number of fused-ring (bicyclic) bond motifs is 1. The Hall–Kier alpha value is -1.89. The van der Waals surface area contributed by atoms with E-state index in [-0.39, 0.29) is 5.91 Å². The fourth-order valence-corrected chi connectivity index (χ4v) is 4.58. The number of H-pyrrole nitrogens is 1. The number of hydrogen-bond acceptors (Lipinski definition) is 4. The molecule has 3 fully saturated rings. The number of benzene rings is 1. The molecular weight excluding hydrogens is 352 g/mol. The van der Waals surface area contributed by atoms with Crippen LogP contribution in [0.2, 0.25) is 0 Å². The molecule has 6 heteroatoms. The van der Waals surface area contributed by atoms with Crippen molar-refractivity contribution in [1.29, 1.82) is 0 Å². The van der Waals surface area contributed by atoms with Crippen LogP contribution in [0.1, 0.15) is 35.2 Å². The molecule has 0 atom stereocenters. The van der Waals surface area contributed by atoms with E-state index in [2.05, 4.69) is 27.0 Å². The average molecular weight is 383 g/mol. The first-order chi connectivity index (χ1) is 13.8. The number of ether oxygens (including phenoxy) is 1. The Bertz CT molecular complexity index is 838. The van der Waals surface area contributed by atoms with Gasteiger partial charge in [-0.15, -0.1) is 0 Å². The smallest absolute Gasteiger partial charge is 0.253 e. The number of aromatic amines is 1. The summed E-state index contributed by atoms with van der Waals surface area (Å²) in [6.07, 6.45) is 5.85. The maximum atomic E-state index is 13.1. The molecule has 6 nitrogen and oxygen atoms in total. The summed E-state index contributed by atoms with van der Waals surface area (Å²) in [4.78, 5) is 23.5. The average Bonchev–Trinajstić information content (AvgIpc) is 3.53. The van der Waals surface area contributed by atoms with Crippen molar-refractivity contribution in [2.45, 2.75) is 31.8 Å². The Morgan fingerprint density at radius 3 is 2.75 bits per heavy atom. The predicted molar refractivity (Wildman–Crippen MR) is 110 cm³/mol. The van der Waals surface area contributed by atoms with Crippen LogP contribution in [0.4, 0.5) is 0 Å². The molecule has 0 radical (unpaired) electrons. The van der Waals surface area contributed by atoms with Crippen LogP contribution in [-0.4, -0.2) is 84.1 Å². The van der Waals surface area contributed by atoms with Gasteiger partial charge in [-0.2, -0.15) is 0 Å². The Balaban J connectivity index is 1.28. The highest BCUT2D eigenvalue weighted by Crippen LogP contribution is 2.28. The number of aromatic nitrogens is 1. The lowest BCUT2D eigenvalue weighted by atomic mass is 10.1. The van der Waals surface area contributed by atoms with Crippen molar-refractivity contribution in [2.24, 2.45) is 0 Å². The molecule has 1 aromatic carbocycles. The van der Waals surface area contributed by atoms with Crippen molar-refractivity contribution >= 4 is 16.8 Å². The van der Waals surface area contributed by atoms with E-state index in [1.165, 1.54) is 23.8 Å². The summed E-state index contributed by atoms with van der Waals surface area (Å²) in [6.45, 7) is 8.39. The van der Waals surface area contributed by atoms with Gasteiger partial charge in [-0.25, -0.2) is 0 Å². The molecule has 0 bridgehead atoms. The number of carbonyl (C=O) groups is 1. The van der Waals surface area contributed by atoms with Crippen LogP contribution in [0.25, 0.3) is 10.9 Å². The summed E-state index contributed by atoms with van der Waals surface area (Å²) < 4.78 is 5.44. The third kappa shape index (κ3) is 3.81. The van der Waals surface area contributed by atoms with Crippen LogP contribution in [0.5, 0.6) is 0 Å². The van der Waals surface area contributed by atoms with E-state index in [0.29, 0.717) is 0 Å². The van der Waals surface area contributed by atoms with Crippen molar-refractivity contribution in [1.82, 2.24) is 19.7 Å². The maximum absolute atomic E-state index is 13.1. The third-order valence-corrected chi connectivity index (χ3v) is 6.39. The van der Waals surface area contributed by atoms with Gasteiger partial charge in [-0.3, -0.25) is 14.6 Å². The minimum absolute atomic E-state index is 0.170. The SMILES string of the molecule is O=C(c1ccc2c(CN3CCOCC3)c[nH]c2c1)N1CCCN(C2CC2)CC1. The lowest BCUT2D eigenvalue weighted by Crippen LogP contribution is -2.35. The highest BCUT2D eigenvalue weighted by Gasteiger charge is 2.31. The van der Waals surface area contributed by atoms with Crippen LogP contribution >= 0.6 is 0 Å². The molecule has 1 aliphatic carbocycles. The second kappa shape index (κ2) is 7.85. The lowest BCUT2D eigenvalue weighted by Gasteiger charge is -2.26. The molecule has 1 N–H and O–H groups in total. The molecule has 3 heterocycles. The zero-order valence-corrected chi connectivity index (χ0v) is 16.5. The van der Waals surface area contributed by atoms with E-state index in [1.807, 2.05) is 17.0 Å². The van der Waals surface area contributed by atoms with E-state index in [9.17, 15) is 4.79 Å². The zero-order chi connectivity index (χ0) is 18.9. The number of nitrogens with one attached hydrogen (secondary N) is 1. The number of rotatable bonds is 4. The molecule has 2 aromatic rings. The van der Waals surface area contributed by atoms with Gasteiger partial charge in [-0.05, 0) is 37.0 Å². The molecular formula is C22H30N4O2. The van der Waals surface area contributed by atoms with Crippen LogP contribution in [0.15, 0.2) is 24.4 Å². The van der Waals surface area contributed by atoms with E-state index in [0.717, 1.165) is 82.6 Å². The number of nitrogens with zero attached hydrogens (tertiary/aromatic N) is 3. The van der Waals surface area contributed by atoms with Gasteiger partial charge in [0, 0.05) is 74.5 Å². The first-order valence-corrected chi connectivity index (χ1v) is 10.7. The summed E-state index contributed by atoms with van der Waals surface area (Å²) in [7, 11) is 0. The molecule has 1 saturated carbocycles. The summed E-state index contributed by atoms with van der Waals surface area (Å²) in [5, 5.41) is 1.22. The minimum Gasteiger partial charge on any atom is -0.379 e. The molecule has 5 rings (SSSR count). The fourth-order valence-electron chi connectivity index (χ4n) is 4.58. The second-order valence-corrected chi connectivity index (χ2v) is 8.38. The second-order valence-electron chi connectivity index (χ2n) is 8.38. The van der Waals surface area contributed by atoms with Gasteiger partial charge in [0.25, 0.3) is 5.91 Å². The van der Waals surface area contributed by atoms with Crippen molar-refractivity contribution in [2.75, 3.05) is 52.5 Å². The largest absolute Gasteiger partial charge is 0.379 e. The third-order valence-electron chi connectivity index (χ3n) is 6.39. The Labute approximate surface area is 166 Å². The Morgan fingerprint density at radius 2 is 1.93 bits per heavy atom. The van der Waals surface area contributed by atoms with Crippen molar-refractivity contribution in [3.63, 3.8) is 0 Å². The topological polar surface area (TPSA) is 51.8 Å². The maximum Gasteiger partial charge on any atom is 0.253 e. The zero-order valence-electron chi connectivity index (χ0n) is 16.5. The number of morpholine rings is 1. The van der Waals surface area contributed by atoms with Crippen molar-refractivity contribution in [3.8, 4) is 0 Å². The molecule has 1 aromatic heterocycles. The number of carbonyl (C=O) groups excluding carboxylic acids is 1. The van der Waals surface area contributed by atoms with Gasteiger partial charge >= 0.3 is 0 Å². The molecule has 3 aliphatic rings. The number of hydrogen-bond donors (Lipinski definition) is 1. The molecule has 2 saturated heterocycles. The molecule has 150 valence electrons. The van der Waals surface area contributed by atoms with E-state index in [4.69, 9.17) is 4.74 Å². The predicted octanol–water partition coefficient (Wildman–Crippen LogP) is 2.31. The molecule has 28 heavy (non-hydrogen) atoms. The highest BCUT2D eigenvalue weighted by atomic mass is 16.5. The van der Waals surface area contributed by atoms with Crippen molar-refractivity contribution < 1.29 is 9.53 Å². The molecule has 1 amide bonds. The van der Waals surface area contributed by atoms with Crippen LogP contribution in [0, 0.1) is 0 Å². The van der Waals surface area contributed by atoms with Crippen LogP contribution in [0.3, 0.4) is 0 Å². The summed E-state index contributed by atoms with van der Waals surface area (Å²) in [5.74, 6) is 0.170. The van der Waals surface area contributed by atoms with Gasteiger partial charge in [-0.1, -0.05) is 6.07 Å². The normalized spacial score (nSPS) is 22.5. The number of amides is 1. The van der Waals surface area contributed by atoms with Gasteiger partial charge in [0.05, 0.1) is 13.2 Å². The van der Waals surface area contributed by atoms with E-state index in [1.54, 1.807) is 0 Å². The van der Waals surface area contributed by atoms with Crippen LogP contribution in [-0.2, 0) is 11.3 Å². The van der Waals surface area contributed by atoms with Gasteiger partial charge in [0.1, 0.15) is 0 Å². The molecule has 2 aliphatic heterocycles.